The van der Waals surface area contributed by atoms with Gasteiger partial charge in [-0.1, -0.05) is 14.9 Å². The quantitative estimate of drug-likeness (QED) is 0.500. The van der Waals surface area contributed by atoms with Crippen LogP contribution in [-0.4, -0.2) is 26.0 Å². The lowest BCUT2D eigenvalue weighted by Gasteiger charge is -1.91. The summed E-state index contributed by atoms with van der Waals surface area (Å²) in [5, 5.41) is 4.73. The summed E-state index contributed by atoms with van der Waals surface area (Å²) in [6.07, 6.45) is 0. The average molecular weight is 179 g/mol. The van der Waals surface area contributed by atoms with Crippen molar-refractivity contribution >= 4 is 11.9 Å². The Labute approximate surface area is 74.7 Å². The first-order valence-corrected chi connectivity index (χ1v) is 2.70. The van der Waals surface area contributed by atoms with Gasteiger partial charge < -0.3 is 16.4 Å². The van der Waals surface area contributed by atoms with Crippen molar-refractivity contribution in [3.63, 3.8) is 0 Å². The van der Waals surface area contributed by atoms with Gasteiger partial charge in [-0.2, -0.15) is 0 Å². The number of nitrogens with one attached hydrogen (secondary N) is 2. The SMILES string of the molecule is C.C.CC(N)=O.CNC(=O)NC. The molecule has 0 radical (unpaired) electrons. The predicted octanol–water partition coefficient (Wildman–Crippen LogP) is 0.309. The molecule has 0 saturated carbocycles. The number of urea groups is 1. The van der Waals surface area contributed by atoms with E-state index in [-0.39, 0.29) is 26.8 Å². The molecule has 5 heteroatoms. The fourth-order valence-corrected chi connectivity index (χ4v) is 0.125. The smallest absolute Gasteiger partial charge is 0.314 e. The fraction of sp³-hybridized carbons (Fsp3) is 0.714. The maximum Gasteiger partial charge on any atom is 0.314 e. The molecule has 12 heavy (non-hydrogen) atoms. The molecule has 0 spiro atoms. The highest BCUT2D eigenvalue weighted by atomic mass is 16.2. The molecule has 0 bridgehead atoms. The van der Waals surface area contributed by atoms with Crippen LogP contribution in [-0.2, 0) is 4.79 Å². The van der Waals surface area contributed by atoms with Crippen molar-refractivity contribution in [2.75, 3.05) is 14.1 Å². The Hall–Kier alpha value is -1.26. The van der Waals surface area contributed by atoms with E-state index in [2.05, 4.69) is 16.4 Å². The minimum absolute atomic E-state index is 0. The molecule has 0 aromatic heterocycles. The van der Waals surface area contributed by atoms with Gasteiger partial charge in [-0.25, -0.2) is 4.79 Å². The van der Waals surface area contributed by atoms with Crippen LogP contribution >= 0.6 is 0 Å². The van der Waals surface area contributed by atoms with Crippen molar-refractivity contribution < 1.29 is 9.59 Å². The number of primary amides is 1. The van der Waals surface area contributed by atoms with Crippen LogP contribution in [0.1, 0.15) is 21.8 Å². The van der Waals surface area contributed by atoms with Gasteiger partial charge in [0.1, 0.15) is 0 Å². The van der Waals surface area contributed by atoms with Crippen LogP contribution in [0, 0.1) is 0 Å². The molecule has 0 rings (SSSR count). The first-order chi connectivity index (χ1) is 4.54. The molecule has 0 unspecified atom stereocenters. The number of carbonyl (C=O) groups excluding carboxylic acids is 2. The molecule has 0 atom stereocenters. The van der Waals surface area contributed by atoms with E-state index in [0.717, 1.165) is 0 Å². The second-order valence-corrected chi connectivity index (χ2v) is 1.44. The summed E-state index contributed by atoms with van der Waals surface area (Å²) in [6.45, 7) is 1.31. The van der Waals surface area contributed by atoms with E-state index in [9.17, 15) is 9.59 Å². The Morgan fingerprint density at radius 1 is 1.08 bits per heavy atom. The zero-order valence-electron chi connectivity index (χ0n) is 6.39. The summed E-state index contributed by atoms with van der Waals surface area (Å²) in [7, 11) is 3.14. The lowest BCUT2D eigenvalue weighted by atomic mass is 10.8. The van der Waals surface area contributed by atoms with Crippen LogP contribution in [0.2, 0.25) is 0 Å². The molecule has 0 aromatic rings. The summed E-state index contributed by atoms with van der Waals surface area (Å²) in [5.74, 6) is -0.333. The van der Waals surface area contributed by atoms with Crippen LogP contribution in [0.3, 0.4) is 0 Å². The second-order valence-electron chi connectivity index (χ2n) is 1.44. The summed E-state index contributed by atoms with van der Waals surface area (Å²) in [4.78, 5) is 19.2. The molecule has 76 valence electrons. The van der Waals surface area contributed by atoms with Crippen LogP contribution < -0.4 is 16.4 Å². The van der Waals surface area contributed by atoms with E-state index < -0.39 is 0 Å². The van der Waals surface area contributed by atoms with E-state index in [1.807, 2.05) is 0 Å². The largest absolute Gasteiger partial charge is 0.370 e. The molecule has 0 aliphatic heterocycles. The summed E-state index contributed by atoms with van der Waals surface area (Å²) >= 11 is 0. The highest BCUT2D eigenvalue weighted by Gasteiger charge is 1.81. The average Bonchev–Trinajstić information content (AvgIpc) is 1.85. The Bertz CT molecular complexity index is 105. The zero-order chi connectivity index (χ0) is 8.57. The molecular weight excluding hydrogens is 158 g/mol. The van der Waals surface area contributed by atoms with Crippen LogP contribution in [0.25, 0.3) is 0 Å². The lowest BCUT2D eigenvalue weighted by Crippen LogP contribution is -2.28. The maximum atomic E-state index is 9.96. The van der Waals surface area contributed by atoms with Gasteiger partial charge in [0.15, 0.2) is 0 Å². The fourth-order valence-electron chi connectivity index (χ4n) is 0.125. The maximum absolute atomic E-state index is 9.96. The number of amides is 3. The second kappa shape index (κ2) is 16.4. The Kier molecular flexibility index (Phi) is 30.6. The molecule has 0 aliphatic carbocycles. The van der Waals surface area contributed by atoms with Crippen molar-refractivity contribution in [3.05, 3.63) is 0 Å². The molecule has 0 fully saturated rings. The third-order valence-electron chi connectivity index (χ3n) is 0.454. The normalized spacial score (nSPS) is 5.58. The van der Waals surface area contributed by atoms with Crippen LogP contribution in [0.15, 0.2) is 0 Å². The van der Waals surface area contributed by atoms with Crippen molar-refractivity contribution in [2.24, 2.45) is 5.73 Å². The first kappa shape index (κ1) is 22.4. The van der Waals surface area contributed by atoms with Crippen LogP contribution in [0.4, 0.5) is 4.79 Å². The van der Waals surface area contributed by atoms with Gasteiger partial charge in [-0.3, -0.25) is 4.79 Å². The van der Waals surface area contributed by atoms with Crippen molar-refractivity contribution in [3.8, 4) is 0 Å². The topological polar surface area (TPSA) is 84.2 Å². The Morgan fingerprint density at radius 2 is 1.25 bits per heavy atom. The van der Waals surface area contributed by atoms with E-state index in [0.29, 0.717) is 0 Å². The number of hydrogen-bond acceptors (Lipinski definition) is 2. The van der Waals surface area contributed by atoms with Gasteiger partial charge in [0.25, 0.3) is 0 Å². The highest BCUT2D eigenvalue weighted by Crippen LogP contribution is 1.48. The molecule has 3 amide bonds. The minimum atomic E-state index is -0.333. The van der Waals surface area contributed by atoms with Crippen molar-refractivity contribution in [1.29, 1.82) is 0 Å². The Morgan fingerprint density at radius 3 is 1.25 bits per heavy atom. The number of hydrogen-bond donors (Lipinski definition) is 3. The molecule has 0 aliphatic rings. The number of nitrogens with two attached hydrogens (primary N) is 1. The summed E-state index contributed by atoms with van der Waals surface area (Å²) < 4.78 is 0. The monoisotopic (exact) mass is 179 g/mol. The third-order valence-corrected chi connectivity index (χ3v) is 0.454. The van der Waals surface area contributed by atoms with Gasteiger partial charge in [-0.15, -0.1) is 0 Å². The van der Waals surface area contributed by atoms with Gasteiger partial charge in [0, 0.05) is 21.0 Å². The van der Waals surface area contributed by atoms with E-state index >= 15 is 0 Å². The van der Waals surface area contributed by atoms with E-state index in [4.69, 9.17) is 0 Å². The number of rotatable bonds is 0. The van der Waals surface area contributed by atoms with Crippen molar-refractivity contribution in [1.82, 2.24) is 10.6 Å². The van der Waals surface area contributed by atoms with Gasteiger partial charge in [0.05, 0.1) is 0 Å². The molecule has 4 N–H and O–H groups in total. The molecule has 0 saturated heterocycles. The van der Waals surface area contributed by atoms with E-state index in [1.165, 1.54) is 6.92 Å². The molecule has 5 nitrogen and oxygen atoms in total. The van der Waals surface area contributed by atoms with Gasteiger partial charge in [0.2, 0.25) is 5.91 Å². The lowest BCUT2D eigenvalue weighted by molar-refractivity contribution is -0.115. The first-order valence-electron chi connectivity index (χ1n) is 2.70. The van der Waals surface area contributed by atoms with Crippen LogP contribution in [0.5, 0.6) is 0 Å². The highest BCUT2D eigenvalue weighted by molar-refractivity contribution is 5.72. The van der Waals surface area contributed by atoms with Crippen molar-refractivity contribution in [2.45, 2.75) is 21.8 Å². The summed E-state index contributed by atoms with van der Waals surface area (Å²) in [5.41, 5.74) is 4.47. The van der Waals surface area contributed by atoms with E-state index in [1.54, 1.807) is 14.1 Å². The molecule has 0 aromatic carbocycles. The molecule has 0 heterocycles. The minimum Gasteiger partial charge on any atom is -0.370 e. The third kappa shape index (κ3) is 69.7. The standard InChI is InChI=1S/C3H8N2O.C2H5NO.2CH4/c1-4-3(6)5-2;1-2(3)4;;/h1-2H3,(H2,4,5,6);1H3,(H2,3,4);2*1H4. The van der Waals surface area contributed by atoms with Gasteiger partial charge in [-0.05, 0) is 0 Å². The summed E-state index contributed by atoms with van der Waals surface area (Å²) in [6, 6.07) is -0.157. The zero-order valence-corrected chi connectivity index (χ0v) is 6.39. The van der Waals surface area contributed by atoms with Gasteiger partial charge >= 0.3 is 6.03 Å². The number of carbonyl (C=O) groups is 2. The molecular formula is C7H21N3O2. The Balaban J connectivity index is -0.0000000483. The predicted molar refractivity (Wildman–Crippen MR) is 51.8 cm³/mol.